The minimum absolute atomic E-state index is 0. The molecule has 0 spiro atoms. The fraction of sp³-hybridized carbons (Fsp3) is 0.833. The fourth-order valence-electron chi connectivity index (χ4n) is 0.265. The van der Waals surface area contributed by atoms with Gasteiger partial charge in [0.2, 0.25) is 0 Å². The van der Waals surface area contributed by atoms with E-state index in [4.69, 9.17) is 5.26 Å². The van der Waals surface area contributed by atoms with Crippen LogP contribution in [-0.2, 0) is 0 Å². The zero-order valence-electron chi connectivity index (χ0n) is 6.27. The van der Waals surface area contributed by atoms with Gasteiger partial charge < -0.3 is 5.11 Å². The Labute approximate surface area is 98.7 Å². The average molecular weight is 151 g/mol. The second kappa shape index (κ2) is 5.84. The first kappa shape index (κ1) is 12.7. The first-order chi connectivity index (χ1) is 3.62. The molecule has 0 aliphatic rings. The molecule has 0 radical (unpaired) electrons. The summed E-state index contributed by atoms with van der Waals surface area (Å²) in [4.78, 5) is 0. The van der Waals surface area contributed by atoms with Crippen LogP contribution in [0.1, 0.15) is 20.3 Å². The summed E-state index contributed by atoms with van der Waals surface area (Å²) in [5.41, 5.74) is -0.325. The number of nitrogens with zero attached hydrogens (tertiary/aromatic N) is 1. The number of nitriles is 1. The third kappa shape index (κ3) is 6.98. The molecular formula is C6H10KNO. The molecule has 46 valence electrons. The van der Waals surface area contributed by atoms with E-state index in [1.54, 1.807) is 13.8 Å². The third-order valence-corrected chi connectivity index (χ3v) is 0.948. The summed E-state index contributed by atoms with van der Waals surface area (Å²) in [7, 11) is 0. The Balaban J connectivity index is 0. The first-order valence-corrected chi connectivity index (χ1v) is 2.57. The maximum absolute atomic E-state index is 10.2. The number of hydrogen-bond acceptors (Lipinski definition) is 2. The van der Waals surface area contributed by atoms with E-state index >= 15 is 0 Å². The van der Waals surface area contributed by atoms with Crippen LogP contribution in [0.25, 0.3) is 0 Å². The fourth-order valence-corrected chi connectivity index (χ4v) is 0.265. The van der Waals surface area contributed by atoms with Crippen LogP contribution in [0.5, 0.6) is 0 Å². The van der Waals surface area contributed by atoms with E-state index in [2.05, 4.69) is 0 Å². The Morgan fingerprint density at radius 1 is 1.56 bits per heavy atom. The Morgan fingerprint density at radius 3 is 2.11 bits per heavy atom. The molecule has 2 nitrogen and oxygen atoms in total. The number of hydrogen-bond donors (Lipinski definition) is 0. The van der Waals surface area contributed by atoms with E-state index in [9.17, 15) is 5.11 Å². The van der Waals surface area contributed by atoms with Gasteiger partial charge in [-0.3, -0.25) is 0 Å². The zero-order chi connectivity index (χ0) is 6.62. The summed E-state index contributed by atoms with van der Waals surface area (Å²) >= 11 is 0. The van der Waals surface area contributed by atoms with Gasteiger partial charge in [-0.15, -0.1) is 6.61 Å². The van der Waals surface area contributed by atoms with Crippen LogP contribution in [0.3, 0.4) is 0 Å². The monoisotopic (exact) mass is 151 g/mol. The van der Waals surface area contributed by atoms with Crippen LogP contribution >= 0.6 is 0 Å². The predicted molar refractivity (Wildman–Crippen MR) is 28.9 cm³/mol. The molecule has 0 aromatic heterocycles. The smallest absolute Gasteiger partial charge is 0.854 e. The summed E-state index contributed by atoms with van der Waals surface area (Å²) in [6.07, 6.45) is 0.358. The van der Waals surface area contributed by atoms with E-state index in [1.165, 1.54) is 0 Å². The molecule has 0 rings (SSSR count). The maximum Gasteiger partial charge on any atom is 1.00 e. The minimum atomic E-state index is -0.325. The van der Waals surface area contributed by atoms with Gasteiger partial charge in [-0.1, -0.05) is 13.8 Å². The molecule has 9 heavy (non-hydrogen) atoms. The third-order valence-electron chi connectivity index (χ3n) is 0.948. The Bertz CT molecular complexity index is 106. The molecule has 0 aromatic carbocycles. The Kier molecular flexibility index (Phi) is 8.26. The molecule has 0 unspecified atom stereocenters. The van der Waals surface area contributed by atoms with E-state index in [0.29, 0.717) is 6.42 Å². The molecule has 0 bridgehead atoms. The molecule has 0 fully saturated rings. The molecule has 3 heteroatoms. The molecule has 0 saturated heterocycles. The van der Waals surface area contributed by atoms with Gasteiger partial charge in [0.05, 0.1) is 6.07 Å². The molecule has 0 amide bonds. The van der Waals surface area contributed by atoms with Crippen LogP contribution in [0.15, 0.2) is 0 Å². The van der Waals surface area contributed by atoms with E-state index in [1.807, 2.05) is 6.07 Å². The van der Waals surface area contributed by atoms with Crippen LogP contribution in [0.4, 0.5) is 0 Å². The molecule has 0 atom stereocenters. The van der Waals surface area contributed by atoms with E-state index in [0.717, 1.165) is 0 Å². The SMILES string of the molecule is CC(C)(C[O-])CC#N.[K+]. The van der Waals surface area contributed by atoms with Crippen molar-refractivity contribution in [2.45, 2.75) is 20.3 Å². The van der Waals surface area contributed by atoms with Gasteiger partial charge in [-0.2, -0.15) is 5.26 Å². The summed E-state index contributed by atoms with van der Waals surface area (Å²) in [6.45, 7) is 3.42. The topological polar surface area (TPSA) is 46.8 Å². The van der Waals surface area contributed by atoms with E-state index < -0.39 is 0 Å². The second-order valence-electron chi connectivity index (χ2n) is 2.64. The maximum atomic E-state index is 10.2. The van der Waals surface area contributed by atoms with Gasteiger partial charge in [0.1, 0.15) is 0 Å². The van der Waals surface area contributed by atoms with Gasteiger partial charge in [0, 0.05) is 6.42 Å². The summed E-state index contributed by atoms with van der Waals surface area (Å²) in [5.74, 6) is 0. The van der Waals surface area contributed by atoms with Gasteiger partial charge in [0.25, 0.3) is 0 Å². The van der Waals surface area contributed by atoms with Gasteiger partial charge >= 0.3 is 51.4 Å². The quantitative estimate of drug-likeness (QED) is 0.403. The van der Waals surface area contributed by atoms with Gasteiger partial charge in [0.15, 0.2) is 0 Å². The minimum Gasteiger partial charge on any atom is -0.854 e. The average Bonchev–Trinajstić information content (AvgIpc) is 1.67. The predicted octanol–water partition coefficient (Wildman–Crippen LogP) is -2.71. The summed E-state index contributed by atoms with van der Waals surface area (Å²) in [6, 6.07) is 1.96. The van der Waals surface area contributed by atoms with Crippen LogP contribution in [0, 0.1) is 16.7 Å². The van der Waals surface area contributed by atoms with Crippen molar-refractivity contribution in [3.63, 3.8) is 0 Å². The zero-order valence-corrected chi connectivity index (χ0v) is 9.39. The van der Waals surface area contributed by atoms with Crippen molar-refractivity contribution in [1.29, 1.82) is 5.26 Å². The largest absolute Gasteiger partial charge is 1.00 e. The van der Waals surface area contributed by atoms with Gasteiger partial charge in [-0.25, -0.2) is 0 Å². The van der Waals surface area contributed by atoms with Crippen molar-refractivity contribution in [1.82, 2.24) is 0 Å². The van der Waals surface area contributed by atoms with E-state index in [-0.39, 0.29) is 63.4 Å². The van der Waals surface area contributed by atoms with Crippen molar-refractivity contribution in [2.24, 2.45) is 5.41 Å². The second-order valence-corrected chi connectivity index (χ2v) is 2.64. The summed E-state index contributed by atoms with van der Waals surface area (Å²) in [5, 5.41) is 18.3. The van der Waals surface area contributed by atoms with Crippen LogP contribution < -0.4 is 56.5 Å². The molecule has 0 N–H and O–H groups in total. The van der Waals surface area contributed by atoms with Crippen molar-refractivity contribution >= 4 is 0 Å². The number of rotatable bonds is 2. The Hall–Kier alpha value is 1.09. The van der Waals surface area contributed by atoms with Crippen molar-refractivity contribution in [3.05, 3.63) is 0 Å². The molecule has 0 aromatic rings. The first-order valence-electron chi connectivity index (χ1n) is 2.57. The van der Waals surface area contributed by atoms with Crippen molar-refractivity contribution < 1.29 is 56.5 Å². The van der Waals surface area contributed by atoms with Crippen molar-refractivity contribution in [3.8, 4) is 6.07 Å². The van der Waals surface area contributed by atoms with Gasteiger partial charge in [-0.05, 0) is 5.41 Å². The molecule has 0 aliphatic heterocycles. The normalized spacial score (nSPS) is 9.56. The standard InChI is InChI=1S/C6H10NO.K/c1-6(2,5-8)3-4-7;/h3,5H2,1-2H3;/q-1;+1. The molecular weight excluding hydrogens is 141 g/mol. The Morgan fingerprint density at radius 2 is 2.00 bits per heavy atom. The van der Waals surface area contributed by atoms with Crippen LogP contribution in [-0.4, -0.2) is 6.61 Å². The van der Waals surface area contributed by atoms with Crippen LogP contribution in [0.2, 0.25) is 0 Å². The molecule has 0 heterocycles. The molecule has 0 saturated carbocycles. The summed E-state index contributed by atoms with van der Waals surface area (Å²) < 4.78 is 0. The van der Waals surface area contributed by atoms with Crippen molar-refractivity contribution in [2.75, 3.05) is 6.61 Å². The molecule has 0 aliphatic carbocycles.